The molecule has 4 heteroatoms. The SMILES string of the molecule is CCCCCCCCCC(=O)c1c(C)c2ccc(N)cc2oc1=O. The van der Waals surface area contributed by atoms with Crippen molar-refractivity contribution in [2.45, 2.75) is 65.2 Å². The van der Waals surface area contributed by atoms with Crippen LogP contribution in [0.3, 0.4) is 0 Å². The maximum Gasteiger partial charge on any atom is 0.347 e. The van der Waals surface area contributed by atoms with Gasteiger partial charge in [-0.1, -0.05) is 45.4 Å². The van der Waals surface area contributed by atoms with Crippen LogP contribution in [-0.2, 0) is 0 Å². The van der Waals surface area contributed by atoms with Gasteiger partial charge in [-0.15, -0.1) is 0 Å². The summed E-state index contributed by atoms with van der Waals surface area (Å²) < 4.78 is 5.29. The first-order valence-corrected chi connectivity index (χ1v) is 8.90. The maximum absolute atomic E-state index is 12.4. The largest absolute Gasteiger partial charge is 0.422 e. The fourth-order valence-electron chi connectivity index (χ4n) is 3.06. The van der Waals surface area contributed by atoms with Gasteiger partial charge in [-0.05, 0) is 31.0 Å². The zero-order valence-electron chi connectivity index (χ0n) is 14.7. The quantitative estimate of drug-likeness (QED) is 0.304. The van der Waals surface area contributed by atoms with Crippen LogP contribution in [0.5, 0.6) is 0 Å². The molecule has 0 atom stereocenters. The summed E-state index contributed by atoms with van der Waals surface area (Å²) in [5, 5.41) is 0.770. The van der Waals surface area contributed by atoms with Crippen LogP contribution in [0.25, 0.3) is 11.0 Å². The Kier molecular flexibility index (Phi) is 6.59. The smallest absolute Gasteiger partial charge is 0.347 e. The van der Waals surface area contributed by atoms with Crippen LogP contribution in [0.4, 0.5) is 5.69 Å². The van der Waals surface area contributed by atoms with E-state index in [4.69, 9.17) is 10.2 Å². The second-order valence-electron chi connectivity index (χ2n) is 6.44. The van der Waals surface area contributed by atoms with Gasteiger partial charge in [-0.25, -0.2) is 4.79 Å². The number of Topliss-reactive ketones (excluding diaryl/α,β-unsaturated/α-hetero) is 1. The van der Waals surface area contributed by atoms with Gasteiger partial charge in [0, 0.05) is 23.6 Å². The molecule has 4 nitrogen and oxygen atoms in total. The molecule has 0 bridgehead atoms. The number of nitrogen functional groups attached to an aromatic ring is 1. The number of aryl methyl sites for hydroxylation is 1. The van der Waals surface area contributed by atoms with Crippen LogP contribution < -0.4 is 11.4 Å². The van der Waals surface area contributed by atoms with Crippen molar-refractivity contribution in [3.8, 4) is 0 Å². The molecule has 1 aromatic carbocycles. The summed E-state index contributed by atoms with van der Waals surface area (Å²) in [6, 6.07) is 5.17. The van der Waals surface area contributed by atoms with Gasteiger partial charge in [-0.2, -0.15) is 0 Å². The maximum atomic E-state index is 12.4. The third-order valence-corrected chi connectivity index (χ3v) is 4.48. The van der Waals surface area contributed by atoms with Crippen molar-refractivity contribution in [3.05, 3.63) is 39.7 Å². The number of carbonyl (C=O) groups excluding carboxylic acids is 1. The van der Waals surface area contributed by atoms with Crippen LogP contribution in [0.15, 0.2) is 27.4 Å². The molecule has 0 saturated heterocycles. The number of rotatable bonds is 9. The Labute approximate surface area is 143 Å². The summed E-state index contributed by atoms with van der Waals surface area (Å²) in [6.07, 6.45) is 8.41. The molecule has 0 aliphatic heterocycles. The molecule has 0 amide bonds. The fourth-order valence-corrected chi connectivity index (χ4v) is 3.06. The highest BCUT2D eigenvalue weighted by atomic mass is 16.4. The Balaban J connectivity index is 2.02. The van der Waals surface area contributed by atoms with Gasteiger partial charge in [-0.3, -0.25) is 4.79 Å². The first-order valence-electron chi connectivity index (χ1n) is 8.90. The number of anilines is 1. The fraction of sp³-hybridized carbons (Fsp3) is 0.500. The molecular formula is C20H27NO3. The van der Waals surface area contributed by atoms with E-state index in [9.17, 15) is 9.59 Å². The van der Waals surface area contributed by atoms with Crippen molar-refractivity contribution in [3.63, 3.8) is 0 Å². The summed E-state index contributed by atoms with van der Waals surface area (Å²) in [6.45, 7) is 4.00. The Morgan fingerprint density at radius 1 is 1.08 bits per heavy atom. The molecule has 2 N–H and O–H groups in total. The highest BCUT2D eigenvalue weighted by molar-refractivity contribution is 6.00. The van der Waals surface area contributed by atoms with Crippen molar-refractivity contribution in [1.82, 2.24) is 0 Å². The second kappa shape index (κ2) is 8.67. The molecule has 0 aliphatic carbocycles. The summed E-state index contributed by atoms with van der Waals surface area (Å²) in [5.41, 5.74) is 7.01. The first-order chi connectivity index (χ1) is 11.5. The average Bonchev–Trinajstić information content (AvgIpc) is 2.53. The summed E-state index contributed by atoms with van der Waals surface area (Å²) in [4.78, 5) is 24.6. The third-order valence-electron chi connectivity index (χ3n) is 4.48. The van der Waals surface area contributed by atoms with Gasteiger partial charge < -0.3 is 10.2 Å². The predicted molar refractivity (Wildman–Crippen MR) is 98.6 cm³/mol. The lowest BCUT2D eigenvalue weighted by Gasteiger charge is -2.07. The van der Waals surface area contributed by atoms with Crippen molar-refractivity contribution in [1.29, 1.82) is 0 Å². The van der Waals surface area contributed by atoms with Gasteiger partial charge in [0.25, 0.3) is 0 Å². The van der Waals surface area contributed by atoms with Crippen LogP contribution in [0.2, 0.25) is 0 Å². The van der Waals surface area contributed by atoms with Gasteiger partial charge >= 0.3 is 5.63 Å². The predicted octanol–water partition coefficient (Wildman–Crippen LogP) is 5.01. The van der Waals surface area contributed by atoms with E-state index < -0.39 is 5.63 Å². The molecule has 0 fully saturated rings. The number of hydrogen-bond donors (Lipinski definition) is 1. The van der Waals surface area contributed by atoms with Crippen molar-refractivity contribution >= 4 is 22.4 Å². The zero-order valence-corrected chi connectivity index (χ0v) is 14.7. The molecule has 0 saturated carbocycles. The topological polar surface area (TPSA) is 73.3 Å². The number of nitrogens with two attached hydrogens (primary N) is 1. The average molecular weight is 329 g/mol. The number of benzene rings is 1. The van der Waals surface area contributed by atoms with Gasteiger partial charge in [0.05, 0.1) is 0 Å². The molecule has 24 heavy (non-hydrogen) atoms. The van der Waals surface area contributed by atoms with E-state index >= 15 is 0 Å². The lowest BCUT2D eigenvalue weighted by Crippen LogP contribution is -2.16. The normalized spacial score (nSPS) is 11.1. The molecule has 1 aromatic heterocycles. The molecule has 130 valence electrons. The minimum atomic E-state index is -0.557. The summed E-state index contributed by atoms with van der Waals surface area (Å²) >= 11 is 0. The van der Waals surface area contributed by atoms with Gasteiger partial charge in [0.1, 0.15) is 11.1 Å². The lowest BCUT2D eigenvalue weighted by molar-refractivity contribution is 0.0975. The molecule has 2 rings (SSSR count). The van der Waals surface area contributed by atoms with Crippen LogP contribution in [0.1, 0.15) is 74.2 Å². The highest BCUT2D eigenvalue weighted by Crippen LogP contribution is 2.22. The molecule has 2 aromatic rings. The Morgan fingerprint density at radius 3 is 2.46 bits per heavy atom. The molecule has 0 spiro atoms. The van der Waals surface area contributed by atoms with E-state index in [-0.39, 0.29) is 11.3 Å². The van der Waals surface area contributed by atoms with Crippen LogP contribution in [0, 0.1) is 6.92 Å². The highest BCUT2D eigenvalue weighted by Gasteiger charge is 2.18. The zero-order chi connectivity index (χ0) is 17.5. The molecule has 1 heterocycles. The second-order valence-corrected chi connectivity index (χ2v) is 6.44. The van der Waals surface area contributed by atoms with Crippen molar-refractivity contribution in [2.75, 3.05) is 5.73 Å². The Morgan fingerprint density at radius 2 is 1.75 bits per heavy atom. The van der Waals surface area contributed by atoms with E-state index in [2.05, 4.69) is 6.92 Å². The number of fused-ring (bicyclic) bond motifs is 1. The molecule has 0 aliphatic rings. The number of unbranched alkanes of at least 4 members (excludes halogenated alkanes) is 6. The van der Waals surface area contributed by atoms with Gasteiger partial charge in [0.15, 0.2) is 5.78 Å². The standard InChI is InChI=1S/C20H27NO3/c1-3-4-5-6-7-8-9-10-17(22)19-14(2)16-12-11-15(21)13-18(16)24-20(19)23/h11-13H,3-10,21H2,1-2H3. The number of carbonyl (C=O) groups is 1. The van der Waals surface area contributed by atoms with Crippen molar-refractivity contribution in [2.24, 2.45) is 0 Å². The minimum absolute atomic E-state index is 0.117. The Bertz CT molecular complexity index is 761. The van der Waals surface area contributed by atoms with E-state index in [1.54, 1.807) is 25.1 Å². The van der Waals surface area contributed by atoms with E-state index in [0.717, 1.165) is 24.6 Å². The molecule has 0 unspecified atom stereocenters. The van der Waals surface area contributed by atoms with Crippen molar-refractivity contribution < 1.29 is 9.21 Å². The van der Waals surface area contributed by atoms with E-state index in [1.165, 1.54) is 25.7 Å². The molecular weight excluding hydrogens is 302 g/mol. The van der Waals surface area contributed by atoms with E-state index in [1.807, 2.05) is 0 Å². The third kappa shape index (κ3) is 4.47. The summed E-state index contributed by atoms with van der Waals surface area (Å²) in [7, 11) is 0. The Hall–Kier alpha value is -2.10. The lowest BCUT2D eigenvalue weighted by atomic mass is 9.99. The van der Waals surface area contributed by atoms with Crippen LogP contribution >= 0.6 is 0 Å². The monoisotopic (exact) mass is 329 g/mol. The van der Waals surface area contributed by atoms with E-state index in [0.29, 0.717) is 23.3 Å². The van der Waals surface area contributed by atoms with Gasteiger partial charge in [0.2, 0.25) is 0 Å². The van der Waals surface area contributed by atoms with Crippen LogP contribution in [-0.4, -0.2) is 5.78 Å². The summed E-state index contributed by atoms with van der Waals surface area (Å²) in [5.74, 6) is -0.117. The first kappa shape index (κ1) is 18.2. The minimum Gasteiger partial charge on any atom is -0.422 e. The number of hydrogen-bond acceptors (Lipinski definition) is 4. The number of ketones is 1. The molecule has 0 radical (unpaired) electrons.